The number of hydrogen-bond donors (Lipinski definition) is 1. The van der Waals surface area contributed by atoms with Crippen LogP contribution < -0.4 is 4.74 Å². The molecule has 0 saturated heterocycles. The first-order valence-corrected chi connectivity index (χ1v) is 9.50. The molecule has 0 bridgehead atoms. The third-order valence-corrected chi connectivity index (χ3v) is 4.72. The Morgan fingerprint density at radius 2 is 1.57 bits per heavy atom. The summed E-state index contributed by atoms with van der Waals surface area (Å²) in [4.78, 5) is 11.7. The van der Waals surface area contributed by atoms with Crippen LogP contribution in [0.4, 0.5) is 4.39 Å². The number of halogens is 1. The maximum absolute atomic E-state index is 13.2. The van der Waals surface area contributed by atoms with E-state index in [2.05, 4.69) is 12.0 Å². The number of aryl methyl sites for hydroxylation is 1. The average molecular weight is 402 g/mol. The zero-order valence-electron chi connectivity index (χ0n) is 16.2. The highest BCUT2D eigenvalue weighted by Crippen LogP contribution is 2.27. The molecule has 6 heteroatoms. The summed E-state index contributed by atoms with van der Waals surface area (Å²) in [5.74, 6) is -0.107. The Morgan fingerprint density at radius 3 is 2.13 bits per heavy atom. The van der Waals surface area contributed by atoms with E-state index in [1.54, 1.807) is 12.1 Å². The maximum atomic E-state index is 13.2. The van der Waals surface area contributed by atoms with Crippen LogP contribution in [0.2, 0.25) is 0 Å². The summed E-state index contributed by atoms with van der Waals surface area (Å²) < 4.78 is 20.4. The van der Waals surface area contributed by atoms with Gasteiger partial charge in [-0.25, -0.2) is 13.9 Å². The van der Waals surface area contributed by atoms with Crippen LogP contribution in [0.5, 0.6) is 11.5 Å². The van der Waals surface area contributed by atoms with Gasteiger partial charge in [-0.1, -0.05) is 19.1 Å². The Bertz CT molecular complexity index is 1160. The molecule has 150 valence electrons. The van der Waals surface area contributed by atoms with Crippen LogP contribution in [0.15, 0.2) is 78.9 Å². The fraction of sp³-hybridized carbons (Fsp3) is 0.0833. The molecule has 0 radical (unpaired) electrons. The molecule has 3 aromatic carbocycles. The van der Waals surface area contributed by atoms with E-state index in [4.69, 9.17) is 4.74 Å². The van der Waals surface area contributed by atoms with Gasteiger partial charge in [0.1, 0.15) is 17.3 Å². The van der Waals surface area contributed by atoms with Crippen molar-refractivity contribution in [3.05, 3.63) is 95.9 Å². The van der Waals surface area contributed by atoms with Crippen LogP contribution in [0.1, 0.15) is 23.0 Å². The predicted octanol–water partition coefficient (Wildman–Crippen LogP) is 5.73. The van der Waals surface area contributed by atoms with Gasteiger partial charge in [-0.05, 0) is 78.7 Å². The van der Waals surface area contributed by atoms with Gasteiger partial charge in [0.2, 0.25) is 0 Å². The third-order valence-electron chi connectivity index (χ3n) is 4.72. The highest BCUT2D eigenvalue weighted by atomic mass is 19.1. The first kappa shape index (κ1) is 19.4. The molecule has 4 rings (SSSR count). The van der Waals surface area contributed by atoms with Gasteiger partial charge in [-0.2, -0.15) is 5.10 Å². The molecule has 30 heavy (non-hydrogen) atoms. The molecule has 5 nitrogen and oxygen atoms in total. The quantitative estimate of drug-likeness (QED) is 0.447. The largest absolute Gasteiger partial charge is 0.477 e. The van der Waals surface area contributed by atoms with Gasteiger partial charge < -0.3 is 9.84 Å². The molecule has 0 atom stereocenters. The average Bonchev–Trinajstić information content (AvgIpc) is 3.21. The van der Waals surface area contributed by atoms with Crippen molar-refractivity contribution in [3.8, 4) is 28.4 Å². The number of rotatable bonds is 6. The number of aromatic carboxylic acids is 1. The van der Waals surface area contributed by atoms with E-state index >= 15 is 0 Å². The fourth-order valence-corrected chi connectivity index (χ4v) is 3.08. The zero-order chi connectivity index (χ0) is 21.1. The molecule has 0 fully saturated rings. The molecule has 0 aliphatic rings. The van der Waals surface area contributed by atoms with E-state index in [0.29, 0.717) is 17.1 Å². The Morgan fingerprint density at radius 1 is 0.967 bits per heavy atom. The minimum absolute atomic E-state index is 0.00653. The van der Waals surface area contributed by atoms with Crippen molar-refractivity contribution < 1.29 is 19.0 Å². The van der Waals surface area contributed by atoms with E-state index in [0.717, 1.165) is 17.7 Å². The van der Waals surface area contributed by atoms with Gasteiger partial charge in [0.05, 0.1) is 11.4 Å². The van der Waals surface area contributed by atoms with Crippen molar-refractivity contribution >= 4 is 5.97 Å². The zero-order valence-corrected chi connectivity index (χ0v) is 16.2. The summed E-state index contributed by atoms with van der Waals surface area (Å²) in [5, 5.41) is 13.9. The second kappa shape index (κ2) is 8.21. The third kappa shape index (κ3) is 4.07. The second-order valence-corrected chi connectivity index (χ2v) is 6.73. The summed E-state index contributed by atoms with van der Waals surface area (Å²) in [6.07, 6.45) is 0.970. The molecule has 0 saturated carbocycles. The van der Waals surface area contributed by atoms with Crippen molar-refractivity contribution in [1.82, 2.24) is 9.78 Å². The maximum Gasteiger partial charge on any atom is 0.354 e. The Labute approximate surface area is 173 Å². The van der Waals surface area contributed by atoms with E-state index in [1.807, 2.05) is 36.4 Å². The van der Waals surface area contributed by atoms with Gasteiger partial charge in [-0.15, -0.1) is 0 Å². The molecule has 0 aliphatic carbocycles. The van der Waals surface area contributed by atoms with Gasteiger partial charge in [0, 0.05) is 5.56 Å². The summed E-state index contributed by atoms with van der Waals surface area (Å²) in [6, 6.07) is 22.1. The SMILES string of the molecule is CCc1ccc(Oc2ccc(-c3cc(C(=O)O)n(-c4ccc(F)cc4)n3)cc2)cc1. The first-order valence-electron chi connectivity index (χ1n) is 9.50. The normalized spacial score (nSPS) is 10.7. The van der Waals surface area contributed by atoms with Gasteiger partial charge in [-0.3, -0.25) is 0 Å². The van der Waals surface area contributed by atoms with Crippen molar-refractivity contribution in [2.24, 2.45) is 0 Å². The molecule has 0 amide bonds. The van der Waals surface area contributed by atoms with Crippen LogP contribution in [-0.4, -0.2) is 20.9 Å². The van der Waals surface area contributed by atoms with Crippen LogP contribution in [-0.2, 0) is 6.42 Å². The highest BCUT2D eigenvalue weighted by Gasteiger charge is 2.17. The van der Waals surface area contributed by atoms with Crippen LogP contribution in [0.3, 0.4) is 0 Å². The van der Waals surface area contributed by atoms with Crippen LogP contribution in [0.25, 0.3) is 16.9 Å². The Balaban J connectivity index is 1.60. The lowest BCUT2D eigenvalue weighted by Crippen LogP contribution is -2.07. The topological polar surface area (TPSA) is 64.3 Å². The van der Waals surface area contributed by atoms with Crippen molar-refractivity contribution in [1.29, 1.82) is 0 Å². The lowest BCUT2D eigenvalue weighted by atomic mass is 10.1. The molecular weight excluding hydrogens is 383 g/mol. The van der Waals surface area contributed by atoms with Crippen LogP contribution >= 0.6 is 0 Å². The van der Waals surface area contributed by atoms with E-state index in [-0.39, 0.29) is 5.69 Å². The van der Waals surface area contributed by atoms with Crippen LogP contribution in [0, 0.1) is 5.82 Å². The molecule has 0 spiro atoms. The molecule has 1 aromatic heterocycles. The Kier molecular flexibility index (Phi) is 5.30. The number of ether oxygens (including phenoxy) is 1. The first-order chi connectivity index (χ1) is 14.5. The minimum Gasteiger partial charge on any atom is -0.477 e. The molecule has 0 aliphatic heterocycles. The van der Waals surface area contributed by atoms with Gasteiger partial charge >= 0.3 is 5.97 Å². The smallest absolute Gasteiger partial charge is 0.354 e. The summed E-state index contributed by atoms with van der Waals surface area (Å²) in [5.41, 5.74) is 2.94. The standard InChI is InChI=1S/C24H19FN2O3/c1-2-16-3-11-20(12-4-16)30-21-13-5-17(6-14-21)22-15-23(24(28)29)27(26-22)19-9-7-18(25)8-10-19/h3-15H,2H2,1H3,(H,28,29). The van der Waals surface area contributed by atoms with Crippen molar-refractivity contribution in [2.75, 3.05) is 0 Å². The van der Waals surface area contributed by atoms with Gasteiger partial charge in [0.25, 0.3) is 0 Å². The number of nitrogens with zero attached hydrogens (tertiary/aromatic N) is 2. The van der Waals surface area contributed by atoms with E-state index in [9.17, 15) is 14.3 Å². The fourth-order valence-electron chi connectivity index (χ4n) is 3.08. The lowest BCUT2D eigenvalue weighted by molar-refractivity contribution is 0.0687. The molecule has 4 aromatic rings. The monoisotopic (exact) mass is 402 g/mol. The number of hydrogen-bond acceptors (Lipinski definition) is 3. The number of carboxylic acids is 1. The number of aromatic nitrogens is 2. The van der Waals surface area contributed by atoms with Crippen molar-refractivity contribution in [3.63, 3.8) is 0 Å². The van der Waals surface area contributed by atoms with E-state index < -0.39 is 11.8 Å². The second-order valence-electron chi connectivity index (χ2n) is 6.73. The summed E-state index contributed by atoms with van der Waals surface area (Å²) in [6.45, 7) is 2.10. The molecule has 1 N–H and O–H groups in total. The lowest BCUT2D eigenvalue weighted by Gasteiger charge is -2.07. The Hall–Kier alpha value is -3.93. The molecule has 0 unspecified atom stereocenters. The molecular formula is C24H19FN2O3. The minimum atomic E-state index is -1.12. The number of carboxylic acid groups (broad SMARTS) is 1. The summed E-state index contributed by atoms with van der Waals surface area (Å²) >= 11 is 0. The summed E-state index contributed by atoms with van der Waals surface area (Å²) in [7, 11) is 0. The highest BCUT2D eigenvalue weighted by molar-refractivity contribution is 5.88. The van der Waals surface area contributed by atoms with Crippen molar-refractivity contribution in [2.45, 2.75) is 13.3 Å². The molecule has 1 heterocycles. The number of benzene rings is 3. The van der Waals surface area contributed by atoms with Gasteiger partial charge in [0.15, 0.2) is 5.69 Å². The predicted molar refractivity (Wildman–Crippen MR) is 112 cm³/mol. The number of carbonyl (C=O) groups is 1. The van der Waals surface area contributed by atoms with E-state index in [1.165, 1.54) is 40.6 Å².